The van der Waals surface area contributed by atoms with Crippen molar-refractivity contribution in [2.24, 2.45) is 0 Å². The van der Waals surface area contributed by atoms with Crippen molar-refractivity contribution >= 4 is 21.6 Å². The minimum Gasteiger partial charge on any atom is -0.389 e. The van der Waals surface area contributed by atoms with Crippen LogP contribution >= 0.6 is 15.9 Å². The highest BCUT2D eigenvalue weighted by molar-refractivity contribution is 9.10. The number of halogens is 1. The molecule has 0 aliphatic carbocycles. The summed E-state index contributed by atoms with van der Waals surface area (Å²) >= 11 is 3.51. The Morgan fingerprint density at radius 3 is 2.88 bits per heavy atom. The molecule has 3 nitrogen and oxygen atoms in total. The van der Waals surface area contributed by atoms with E-state index >= 15 is 0 Å². The molecule has 1 aromatic carbocycles. The largest absolute Gasteiger partial charge is 0.389 e. The summed E-state index contributed by atoms with van der Waals surface area (Å²) in [6.45, 7) is 6.48. The summed E-state index contributed by atoms with van der Waals surface area (Å²) in [6, 6.07) is 6.11. The van der Waals surface area contributed by atoms with E-state index < -0.39 is 6.10 Å². The van der Waals surface area contributed by atoms with Crippen molar-refractivity contribution < 1.29 is 9.84 Å². The first-order chi connectivity index (χ1) is 8.08. The molecule has 0 saturated carbocycles. The first-order valence-electron chi connectivity index (χ1n) is 5.92. The topological polar surface area (TPSA) is 32.7 Å². The van der Waals surface area contributed by atoms with Crippen molar-refractivity contribution in [2.45, 2.75) is 26.1 Å². The van der Waals surface area contributed by atoms with Crippen LogP contribution in [0.2, 0.25) is 0 Å². The van der Waals surface area contributed by atoms with Crippen LogP contribution in [0.3, 0.4) is 0 Å². The van der Waals surface area contributed by atoms with Crippen LogP contribution in [0.25, 0.3) is 0 Å². The van der Waals surface area contributed by atoms with Crippen LogP contribution in [-0.2, 0) is 4.74 Å². The van der Waals surface area contributed by atoms with Crippen LogP contribution in [0.1, 0.15) is 25.5 Å². The fourth-order valence-electron chi connectivity index (χ4n) is 2.10. The SMILES string of the molecule is CC1CN(c2ccc([C@@H](C)O)c(Br)c2)CCO1. The van der Waals surface area contributed by atoms with E-state index in [1.165, 1.54) is 5.69 Å². The second-order valence-corrected chi connectivity index (χ2v) is 5.36. The van der Waals surface area contributed by atoms with Crippen LogP contribution < -0.4 is 4.90 Å². The predicted molar refractivity (Wildman–Crippen MR) is 72.4 cm³/mol. The van der Waals surface area contributed by atoms with Gasteiger partial charge in [-0.2, -0.15) is 0 Å². The molecular weight excluding hydrogens is 282 g/mol. The number of aliphatic hydroxyl groups is 1. The van der Waals surface area contributed by atoms with E-state index in [2.05, 4.69) is 39.9 Å². The van der Waals surface area contributed by atoms with Crippen molar-refractivity contribution in [3.63, 3.8) is 0 Å². The van der Waals surface area contributed by atoms with E-state index in [0.29, 0.717) is 0 Å². The van der Waals surface area contributed by atoms with E-state index in [4.69, 9.17) is 4.74 Å². The Balaban J connectivity index is 2.19. The van der Waals surface area contributed by atoms with Gasteiger partial charge in [0.1, 0.15) is 0 Å². The summed E-state index contributed by atoms with van der Waals surface area (Å²) in [5, 5.41) is 9.58. The fourth-order valence-corrected chi connectivity index (χ4v) is 2.80. The minimum atomic E-state index is -0.443. The zero-order valence-electron chi connectivity index (χ0n) is 10.2. The molecule has 0 spiro atoms. The average molecular weight is 300 g/mol. The zero-order chi connectivity index (χ0) is 12.4. The van der Waals surface area contributed by atoms with E-state index in [9.17, 15) is 5.11 Å². The molecule has 0 radical (unpaired) electrons. The van der Waals surface area contributed by atoms with Gasteiger partial charge in [-0.3, -0.25) is 0 Å². The highest BCUT2D eigenvalue weighted by atomic mass is 79.9. The van der Waals surface area contributed by atoms with Gasteiger partial charge in [0.05, 0.1) is 18.8 Å². The van der Waals surface area contributed by atoms with Crippen molar-refractivity contribution in [1.29, 1.82) is 0 Å². The van der Waals surface area contributed by atoms with Gasteiger partial charge in [-0.25, -0.2) is 0 Å². The first kappa shape index (κ1) is 12.9. The van der Waals surface area contributed by atoms with Crippen LogP contribution in [0.15, 0.2) is 22.7 Å². The van der Waals surface area contributed by atoms with Crippen molar-refractivity contribution in [1.82, 2.24) is 0 Å². The van der Waals surface area contributed by atoms with Crippen LogP contribution in [0.4, 0.5) is 5.69 Å². The standard InChI is InChI=1S/C13H18BrNO2/c1-9-8-15(5-6-17-9)11-3-4-12(10(2)16)13(14)7-11/h3-4,7,9-10,16H,5-6,8H2,1-2H3/t9?,10-/m1/s1. The molecular formula is C13H18BrNO2. The number of hydrogen-bond donors (Lipinski definition) is 1. The number of aliphatic hydroxyl groups excluding tert-OH is 1. The molecule has 1 heterocycles. The van der Waals surface area contributed by atoms with Crippen LogP contribution in [-0.4, -0.2) is 30.9 Å². The van der Waals surface area contributed by atoms with Gasteiger partial charge >= 0.3 is 0 Å². The minimum absolute atomic E-state index is 0.277. The van der Waals surface area contributed by atoms with Gasteiger partial charge in [0.25, 0.3) is 0 Å². The molecule has 94 valence electrons. The summed E-state index contributed by atoms with van der Waals surface area (Å²) in [5.74, 6) is 0. The van der Waals surface area contributed by atoms with Crippen molar-refractivity contribution in [3.8, 4) is 0 Å². The lowest BCUT2D eigenvalue weighted by atomic mass is 10.1. The number of morpholine rings is 1. The predicted octanol–water partition coefficient (Wildman–Crippen LogP) is 2.73. The van der Waals surface area contributed by atoms with Gasteiger partial charge in [0.2, 0.25) is 0 Å². The second-order valence-electron chi connectivity index (χ2n) is 4.51. The summed E-state index contributed by atoms with van der Waals surface area (Å²) in [4.78, 5) is 2.31. The molecule has 1 fully saturated rings. The fraction of sp³-hybridized carbons (Fsp3) is 0.538. The summed E-state index contributed by atoms with van der Waals surface area (Å²) in [7, 11) is 0. The third-order valence-electron chi connectivity index (χ3n) is 3.04. The van der Waals surface area contributed by atoms with Gasteiger partial charge in [-0.1, -0.05) is 22.0 Å². The highest BCUT2D eigenvalue weighted by Crippen LogP contribution is 2.29. The van der Waals surface area contributed by atoms with Crippen molar-refractivity contribution in [2.75, 3.05) is 24.6 Å². The molecule has 1 unspecified atom stereocenters. The molecule has 1 N–H and O–H groups in total. The third kappa shape index (κ3) is 3.00. The van der Waals surface area contributed by atoms with Crippen molar-refractivity contribution in [3.05, 3.63) is 28.2 Å². The molecule has 0 amide bonds. The molecule has 1 aromatic rings. The molecule has 2 rings (SSSR count). The van der Waals surface area contributed by atoms with Gasteiger partial charge in [-0.15, -0.1) is 0 Å². The van der Waals surface area contributed by atoms with E-state index in [0.717, 1.165) is 29.7 Å². The monoisotopic (exact) mass is 299 g/mol. The van der Waals surface area contributed by atoms with Gasteiger partial charge in [-0.05, 0) is 31.5 Å². The molecule has 1 aliphatic heterocycles. The number of benzene rings is 1. The van der Waals surface area contributed by atoms with E-state index in [-0.39, 0.29) is 6.10 Å². The quantitative estimate of drug-likeness (QED) is 0.911. The Morgan fingerprint density at radius 2 is 2.29 bits per heavy atom. The second kappa shape index (κ2) is 5.38. The number of hydrogen-bond acceptors (Lipinski definition) is 3. The molecule has 0 aromatic heterocycles. The maximum Gasteiger partial charge on any atom is 0.0772 e. The maximum absolute atomic E-state index is 9.58. The van der Waals surface area contributed by atoms with Gasteiger partial charge < -0.3 is 14.7 Å². The molecule has 1 saturated heterocycles. The molecule has 1 aliphatic rings. The Bertz CT molecular complexity index is 395. The Hall–Kier alpha value is -0.580. The smallest absolute Gasteiger partial charge is 0.0772 e. The van der Waals surface area contributed by atoms with E-state index in [1.54, 1.807) is 6.92 Å². The Labute approximate surface area is 111 Å². The lowest BCUT2D eigenvalue weighted by Crippen LogP contribution is -2.41. The summed E-state index contributed by atoms with van der Waals surface area (Å²) < 4.78 is 6.49. The Morgan fingerprint density at radius 1 is 1.53 bits per heavy atom. The summed E-state index contributed by atoms with van der Waals surface area (Å²) in [5.41, 5.74) is 2.10. The number of anilines is 1. The first-order valence-corrected chi connectivity index (χ1v) is 6.71. The lowest BCUT2D eigenvalue weighted by molar-refractivity contribution is 0.0532. The van der Waals surface area contributed by atoms with E-state index in [1.807, 2.05) is 6.07 Å². The highest BCUT2D eigenvalue weighted by Gasteiger charge is 2.18. The maximum atomic E-state index is 9.58. The molecule has 4 heteroatoms. The van der Waals surface area contributed by atoms with Crippen LogP contribution in [0.5, 0.6) is 0 Å². The zero-order valence-corrected chi connectivity index (χ0v) is 11.8. The number of nitrogens with zero attached hydrogens (tertiary/aromatic N) is 1. The molecule has 2 atom stereocenters. The number of ether oxygens (including phenoxy) is 1. The average Bonchev–Trinajstić information content (AvgIpc) is 2.28. The molecule has 0 bridgehead atoms. The Kier molecular flexibility index (Phi) is 4.07. The lowest BCUT2D eigenvalue weighted by Gasteiger charge is -2.33. The third-order valence-corrected chi connectivity index (χ3v) is 3.73. The summed E-state index contributed by atoms with van der Waals surface area (Å²) in [6.07, 6.45) is -0.166. The molecule has 17 heavy (non-hydrogen) atoms. The van der Waals surface area contributed by atoms with Gasteiger partial charge in [0.15, 0.2) is 0 Å². The van der Waals surface area contributed by atoms with Crippen LogP contribution in [0, 0.1) is 0 Å². The normalized spacial score (nSPS) is 22.6. The van der Waals surface area contributed by atoms with Gasteiger partial charge in [0, 0.05) is 23.2 Å². The number of rotatable bonds is 2.